The zero-order chi connectivity index (χ0) is 21.5. The van der Waals surface area contributed by atoms with Gasteiger partial charge in [-0.25, -0.2) is 4.98 Å². The van der Waals surface area contributed by atoms with E-state index in [0.717, 1.165) is 18.8 Å². The van der Waals surface area contributed by atoms with Crippen LogP contribution in [0.15, 0.2) is 59.4 Å². The molecule has 0 spiro atoms. The largest absolute Gasteiger partial charge is 0.493 e. The Morgan fingerprint density at radius 2 is 1.97 bits per heavy atom. The van der Waals surface area contributed by atoms with Crippen LogP contribution in [0.3, 0.4) is 0 Å². The number of methoxy groups -OCH3 is 1. The van der Waals surface area contributed by atoms with Crippen LogP contribution in [0.25, 0.3) is 0 Å². The summed E-state index contributed by atoms with van der Waals surface area (Å²) in [5.74, 6) is 0.998. The second-order valence-electron chi connectivity index (χ2n) is 7.51. The van der Waals surface area contributed by atoms with Crippen molar-refractivity contribution in [3.05, 3.63) is 76.2 Å². The van der Waals surface area contributed by atoms with Crippen molar-refractivity contribution >= 4 is 17.2 Å². The molecule has 0 saturated carbocycles. The van der Waals surface area contributed by atoms with Crippen LogP contribution in [-0.4, -0.2) is 42.5 Å². The van der Waals surface area contributed by atoms with Gasteiger partial charge in [0.1, 0.15) is 6.61 Å². The third-order valence-corrected chi connectivity index (χ3v) is 6.14. The Morgan fingerprint density at radius 1 is 1.16 bits per heavy atom. The first-order valence-corrected chi connectivity index (χ1v) is 11.4. The van der Waals surface area contributed by atoms with Crippen molar-refractivity contribution in [1.29, 1.82) is 0 Å². The lowest BCUT2D eigenvalue weighted by molar-refractivity contribution is 0.0937. The number of nitrogens with zero attached hydrogens (tertiary/aromatic N) is 2. The first-order valence-electron chi connectivity index (χ1n) is 10.5. The van der Waals surface area contributed by atoms with E-state index >= 15 is 0 Å². The van der Waals surface area contributed by atoms with Crippen molar-refractivity contribution in [3.8, 4) is 11.5 Å². The fourth-order valence-electron chi connectivity index (χ4n) is 3.87. The topological polar surface area (TPSA) is 63.7 Å². The summed E-state index contributed by atoms with van der Waals surface area (Å²) < 4.78 is 11.3. The van der Waals surface area contributed by atoms with E-state index in [4.69, 9.17) is 9.47 Å². The quantitative estimate of drug-likeness (QED) is 0.541. The van der Waals surface area contributed by atoms with Crippen LogP contribution in [0.1, 0.15) is 40.5 Å². The van der Waals surface area contributed by atoms with Gasteiger partial charge in [-0.2, -0.15) is 0 Å². The molecule has 31 heavy (non-hydrogen) atoms. The molecule has 4 rings (SSSR count). The molecular formula is C24H27N3O3S. The van der Waals surface area contributed by atoms with Crippen molar-refractivity contribution in [1.82, 2.24) is 15.2 Å². The van der Waals surface area contributed by atoms with Gasteiger partial charge in [0.25, 0.3) is 5.91 Å². The number of carbonyl (C=O) groups is 1. The highest BCUT2D eigenvalue weighted by atomic mass is 32.1. The first-order chi connectivity index (χ1) is 15.2. The summed E-state index contributed by atoms with van der Waals surface area (Å²) in [4.78, 5) is 19.6. The zero-order valence-corrected chi connectivity index (χ0v) is 18.4. The molecular weight excluding hydrogens is 410 g/mol. The van der Waals surface area contributed by atoms with Gasteiger partial charge in [-0.15, -0.1) is 11.3 Å². The number of thiazole rings is 1. The Bertz CT molecular complexity index is 973. The summed E-state index contributed by atoms with van der Waals surface area (Å²) in [6.07, 6.45) is 2.41. The fraction of sp³-hybridized carbons (Fsp3) is 0.333. The smallest absolute Gasteiger partial charge is 0.251 e. The monoisotopic (exact) mass is 437 g/mol. The van der Waals surface area contributed by atoms with Gasteiger partial charge >= 0.3 is 0 Å². The van der Waals surface area contributed by atoms with Crippen LogP contribution in [0.2, 0.25) is 0 Å². The minimum Gasteiger partial charge on any atom is -0.493 e. The maximum atomic E-state index is 12.9. The highest BCUT2D eigenvalue weighted by Gasteiger charge is 2.24. The van der Waals surface area contributed by atoms with Crippen LogP contribution >= 0.6 is 11.3 Å². The Balaban J connectivity index is 1.42. The molecule has 0 radical (unpaired) electrons. The molecule has 1 saturated heterocycles. The maximum Gasteiger partial charge on any atom is 0.251 e. The predicted molar refractivity (Wildman–Crippen MR) is 122 cm³/mol. The van der Waals surface area contributed by atoms with E-state index in [2.05, 4.69) is 39.5 Å². The third-order valence-electron chi connectivity index (χ3n) is 5.51. The van der Waals surface area contributed by atoms with Crippen molar-refractivity contribution in [3.63, 3.8) is 0 Å². The number of likely N-dealkylation sites (tertiary alicyclic amines) is 1. The van der Waals surface area contributed by atoms with E-state index in [1.54, 1.807) is 30.8 Å². The van der Waals surface area contributed by atoms with E-state index < -0.39 is 0 Å². The molecule has 1 N–H and O–H groups in total. The first kappa shape index (κ1) is 21.3. The van der Waals surface area contributed by atoms with Gasteiger partial charge in [-0.3, -0.25) is 9.69 Å². The van der Waals surface area contributed by atoms with Gasteiger partial charge in [0.05, 0.1) is 24.4 Å². The molecule has 1 fully saturated rings. The summed E-state index contributed by atoms with van der Waals surface area (Å²) in [5, 5.41) is 5.06. The number of nitrogens with one attached hydrogen (secondary N) is 1. The summed E-state index contributed by atoms with van der Waals surface area (Å²) in [5.41, 5.74) is 4.41. The number of amides is 1. The van der Waals surface area contributed by atoms with E-state index in [0.29, 0.717) is 30.2 Å². The van der Waals surface area contributed by atoms with Crippen LogP contribution < -0.4 is 14.8 Å². The second-order valence-corrected chi connectivity index (χ2v) is 8.23. The van der Waals surface area contributed by atoms with Crippen LogP contribution in [0.5, 0.6) is 11.5 Å². The molecule has 1 unspecified atom stereocenters. The van der Waals surface area contributed by atoms with E-state index in [9.17, 15) is 4.79 Å². The van der Waals surface area contributed by atoms with Crippen molar-refractivity contribution in [2.24, 2.45) is 0 Å². The SMILES string of the molecule is COc1cc(C(=O)NCC(c2ccccc2)N2CCCC2)ccc1OCc1cscn1. The minimum absolute atomic E-state index is 0.121. The molecule has 162 valence electrons. The summed E-state index contributed by atoms with van der Waals surface area (Å²) in [6, 6.07) is 15.8. The number of benzene rings is 2. The molecule has 1 amide bonds. The highest BCUT2D eigenvalue weighted by molar-refractivity contribution is 7.07. The minimum atomic E-state index is -0.121. The second kappa shape index (κ2) is 10.4. The zero-order valence-electron chi connectivity index (χ0n) is 17.6. The molecule has 2 aromatic carbocycles. The number of rotatable bonds is 9. The van der Waals surface area contributed by atoms with E-state index in [-0.39, 0.29) is 11.9 Å². The molecule has 1 aliphatic heterocycles. The lowest BCUT2D eigenvalue weighted by atomic mass is 10.1. The van der Waals surface area contributed by atoms with Crippen molar-refractivity contribution in [2.75, 3.05) is 26.7 Å². The molecule has 0 aliphatic carbocycles. The normalized spacial score (nSPS) is 14.9. The fourth-order valence-corrected chi connectivity index (χ4v) is 4.41. The van der Waals surface area contributed by atoms with Gasteiger partial charge in [-0.05, 0) is 49.7 Å². The van der Waals surface area contributed by atoms with Gasteiger partial charge in [0.2, 0.25) is 0 Å². The lowest BCUT2D eigenvalue weighted by Crippen LogP contribution is -2.36. The Kier molecular flexibility index (Phi) is 7.17. The summed E-state index contributed by atoms with van der Waals surface area (Å²) in [7, 11) is 1.57. The van der Waals surface area contributed by atoms with Crippen LogP contribution in [0.4, 0.5) is 0 Å². The van der Waals surface area contributed by atoms with Crippen molar-refractivity contribution < 1.29 is 14.3 Å². The van der Waals surface area contributed by atoms with Gasteiger partial charge in [0.15, 0.2) is 11.5 Å². The lowest BCUT2D eigenvalue weighted by Gasteiger charge is -2.28. The number of hydrogen-bond donors (Lipinski definition) is 1. The Labute approximate surface area is 186 Å². The standard InChI is InChI=1S/C24H27N3O3S/c1-29-23-13-19(9-10-22(23)30-15-20-16-31-17-26-20)24(28)25-14-21(27-11-5-6-12-27)18-7-3-2-4-8-18/h2-4,7-10,13,16-17,21H,5-6,11-12,14-15H2,1H3,(H,25,28). The maximum absolute atomic E-state index is 12.9. The average molecular weight is 438 g/mol. The number of ether oxygens (including phenoxy) is 2. The van der Waals surface area contributed by atoms with Crippen LogP contribution in [-0.2, 0) is 6.61 Å². The summed E-state index contributed by atoms with van der Waals surface area (Å²) >= 11 is 1.53. The summed E-state index contributed by atoms with van der Waals surface area (Å²) in [6.45, 7) is 3.05. The number of carbonyl (C=O) groups excluding carboxylic acids is 1. The highest BCUT2D eigenvalue weighted by Crippen LogP contribution is 2.29. The van der Waals surface area contributed by atoms with E-state index in [1.807, 2.05) is 11.4 Å². The number of hydrogen-bond acceptors (Lipinski definition) is 6. The van der Waals surface area contributed by atoms with Crippen LogP contribution in [0, 0.1) is 0 Å². The van der Waals surface area contributed by atoms with Gasteiger partial charge < -0.3 is 14.8 Å². The van der Waals surface area contributed by atoms with Gasteiger partial charge in [0, 0.05) is 17.5 Å². The third kappa shape index (κ3) is 5.42. The molecule has 0 bridgehead atoms. The molecule has 1 aromatic heterocycles. The average Bonchev–Trinajstić information content (AvgIpc) is 3.53. The molecule has 7 heteroatoms. The molecule has 1 atom stereocenters. The molecule has 2 heterocycles. The Morgan fingerprint density at radius 3 is 2.68 bits per heavy atom. The van der Waals surface area contributed by atoms with Gasteiger partial charge in [-0.1, -0.05) is 30.3 Å². The molecule has 6 nitrogen and oxygen atoms in total. The molecule has 1 aliphatic rings. The molecule has 3 aromatic rings. The van der Waals surface area contributed by atoms with Crippen molar-refractivity contribution in [2.45, 2.75) is 25.5 Å². The Hall–Kier alpha value is -2.90. The number of aromatic nitrogens is 1. The predicted octanol–water partition coefficient (Wildman–Crippen LogP) is 4.30. The van der Waals surface area contributed by atoms with E-state index in [1.165, 1.54) is 29.7 Å².